The number of aromatic nitrogens is 1. The predicted molar refractivity (Wildman–Crippen MR) is 108 cm³/mol. The zero-order valence-corrected chi connectivity index (χ0v) is 17.2. The number of benzene rings is 1. The van der Waals surface area contributed by atoms with Crippen LogP contribution < -0.4 is 5.73 Å². The minimum absolute atomic E-state index is 0.0268. The van der Waals surface area contributed by atoms with E-state index in [0.717, 1.165) is 18.7 Å². The molecular formula is C21H21F2N3O3S. The van der Waals surface area contributed by atoms with Gasteiger partial charge in [-0.3, -0.25) is 14.8 Å². The van der Waals surface area contributed by atoms with E-state index in [1.54, 1.807) is 0 Å². The van der Waals surface area contributed by atoms with Gasteiger partial charge >= 0.3 is 0 Å². The zero-order chi connectivity index (χ0) is 21.7. The molecule has 1 aliphatic carbocycles. The standard InChI is InChI=1S/C21H21F2N3O3S/c1-20(12-30(28,29)21(7-2-8-21)19(24)26-20)15-9-13(3-5-16(15)23)10-18(27)17-6-4-14(22)11-25-17/h3-6,9,11H,2,7-8,10,12H2,1H3,(H2,24,26)/t20-/m0/s1. The monoisotopic (exact) mass is 433 g/mol. The molecule has 0 saturated heterocycles. The molecule has 0 amide bonds. The van der Waals surface area contributed by atoms with Crippen molar-refractivity contribution in [1.82, 2.24) is 4.98 Å². The Balaban J connectivity index is 1.68. The van der Waals surface area contributed by atoms with Crippen molar-refractivity contribution in [3.05, 3.63) is 65.0 Å². The number of amidine groups is 1. The van der Waals surface area contributed by atoms with Crippen LogP contribution in [0.25, 0.3) is 0 Å². The summed E-state index contributed by atoms with van der Waals surface area (Å²) in [7, 11) is -3.63. The number of hydrogen-bond donors (Lipinski definition) is 1. The van der Waals surface area contributed by atoms with E-state index < -0.39 is 31.8 Å². The number of Topliss-reactive ketones (excluding diaryl/α,β-unsaturated/α-hetero) is 1. The van der Waals surface area contributed by atoms with E-state index >= 15 is 0 Å². The minimum atomic E-state index is -3.63. The average Bonchev–Trinajstić information content (AvgIpc) is 2.61. The van der Waals surface area contributed by atoms with Gasteiger partial charge in [0.1, 0.15) is 33.4 Å². The number of hydrogen-bond acceptors (Lipinski definition) is 6. The molecule has 1 aromatic heterocycles. The zero-order valence-electron chi connectivity index (χ0n) is 16.4. The minimum Gasteiger partial charge on any atom is -0.386 e. The number of carbonyl (C=O) groups excluding carboxylic acids is 1. The van der Waals surface area contributed by atoms with Crippen molar-refractivity contribution < 1.29 is 22.0 Å². The average molecular weight is 433 g/mol. The van der Waals surface area contributed by atoms with Crippen molar-refractivity contribution >= 4 is 21.5 Å². The fourth-order valence-corrected chi connectivity index (χ4v) is 6.69. The third kappa shape index (κ3) is 3.21. The lowest BCUT2D eigenvalue weighted by Crippen LogP contribution is -2.61. The van der Waals surface area contributed by atoms with E-state index in [9.17, 15) is 22.0 Å². The number of sulfone groups is 1. The highest BCUT2D eigenvalue weighted by atomic mass is 32.2. The predicted octanol–water partition coefficient (Wildman–Crippen LogP) is 2.71. The Labute approximate surface area is 173 Å². The summed E-state index contributed by atoms with van der Waals surface area (Å²) in [5.74, 6) is -1.87. The Kier molecular flexibility index (Phi) is 4.76. The lowest BCUT2D eigenvalue weighted by Gasteiger charge is -2.46. The summed E-state index contributed by atoms with van der Waals surface area (Å²) >= 11 is 0. The van der Waals surface area contributed by atoms with Crippen LogP contribution in [-0.4, -0.2) is 35.5 Å². The lowest BCUT2D eigenvalue weighted by atomic mass is 9.82. The van der Waals surface area contributed by atoms with Crippen LogP contribution in [0.15, 0.2) is 41.5 Å². The molecule has 1 saturated carbocycles. The molecule has 2 aliphatic rings. The summed E-state index contributed by atoms with van der Waals surface area (Å²) in [6.45, 7) is 1.54. The van der Waals surface area contributed by atoms with Crippen molar-refractivity contribution in [3.63, 3.8) is 0 Å². The molecule has 1 fully saturated rings. The maximum Gasteiger partial charge on any atom is 0.185 e. The van der Waals surface area contributed by atoms with E-state index in [4.69, 9.17) is 5.73 Å². The summed E-state index contributed by atoms with van der Waals surface area (Å²) in [4.78, 5) is 20.6. The highest BCUT2D eigenvalue weighted by Crippen LogP contribution is 2.47. The normalized spacial score (nSPS) is 24.2. The number of aliphatic imine (C=N–C) groups is 1. The molecule has 0 unspecified atom stereocenters. The molecule has 1 aliphatic heterocycles. The molecule has 30 heavy (non-hydrogen) atoms. The molecule has 1 spiro atoms. The van der Waals surface area contributed by atoms with Gasteiger partial charge in [0.2, 0.25) is 0 Å². The first-order valence-electron chi connectivity index (χ1n) is 9.58. The van der Waals surface area contributed by atoms with Gasteiger partial charge in [0, 0.05) is 12.0 Å². The summed E-state index contributed by atoms with van der Waals surface area (Å²) < 4.78 is 52.6. The second kappa shape index (κ2) is 6.94. The Morgan fingerprint density at radius 1 is 1.20 bits per heavy atom. The van der Waals surface area contributed by atoms with E-state index in [-0.39, 0.29) is 35.0 Å². The van der Waals surface area contributed by atoms with Crippen LogP contribution in [0.4, 0.5) is 8.78 Å². The number of carbonyl (C=O) groups is 1. The molecule has 0 bridgehead atoms. The van der Waals surface area contributed by atoms with Crippen LogP contribution >= 0.6 is 0 Å². The smallest absolute Gasteiger partial charge is 0.185 e. The molecule has 6 nitrogen and oxygen atoms in total. The van der Waals surface area contributed by atoms with Gasteiger partial charge in [-0.1, -0.05) is 6.07 Å². The quantitative estimate of drug-likeness (QED) is 0.747. The Morgan fingerprint density at radius 3 is 2.50 bits per heavy atom. The van der Waals surface area contributed by atoms with E-state index in [1.165, 1.54) is 31.2 Å². The van der Waals surface area contributed by atoms with Gasteiger partial charge in [-0.15, -0.1) is 0 Å². The molecule has 1 aromatic carbocycles. The highest BCUT2D eigenvalue weighted by Gasteiger charge is 2.58. The first-order valence-corrected chi connectivity index (χ1v) is 11.2. The third-order valence-corrected chi connectivity index (χ3v) is 8.80. The number of nitrogens with zero attached hydrogens (tertiary/aromatic N) is 2. The molecule has 2 aromatic rings. The Morgan fingerprint density at radius 2 is 1.93 bits per heavy atom. The second-order valence-corrected chi connectivity index (χ2v) is 10.5. The molecule has 2 N–H and O–H groups in total. The first kappa shape index (κ1) is 20.6. The Bertz CT molecular complexity index is 1160. The fourth-order valence-electron chi connectivity index (χ4n) is 4.18. The summed E-state index contributed by atoms with van der Waals surface area (Å²) in [6.07, 6.45) is 2.48. The summed E-state index contributed by atoms with van der Waals surface area (Å²) in [5, 5.41) is 0. The van der Waals surface area contributed by atoms with Crippen molar-refractivity contribution in [2.45, 2.75) is 42.9 Å². The van der Waals surface area contributed by atoms with E-state index in [2.05, 4.69) is 9.98 Å². The molecule has 2 heterocycles. The van der Waals surface area contributed by atoms with Crippen molar-refractivity contribution in [2.24, 2.45) is 10.7 Å². The number of pyridine rings is 1. The van der Waals surface area contributed by atoms with Crippen LogP contribution in [0.2, 0.25) is 0 Å². The van der Waals surface area contributed by atoms with Gasteiger partial charge in [0.25, 0.3) is 0 Å². The molecule has 158 valence electrons. The van der Waals surface area contributed by atoms with Gasteiger partial charge in [-0.05, 0) is 56.0 Å². The van der Waals surface area contributed by atoms with Gasteiger partial charge in [-0.2, -0.15) is 0 Å². The third-order valence-electron chi connectivity index (χ3n) is 6.05. The number of ketones is 1. The van der Waals surface area contributed by atoms with Gasteiger partial charge in [0.15, 0.2) is 15.6 Å². The van der Waals surface area contributed by atoms with Crippen LogP contribution in [0.3, 0.4) is 0 Å². The molecule has 4 rings (SSSR count). The molecule has 0 radical (unpaired) electrons. The second-order valence-electron chi connectivity index (χ2n) is 8.15. The van der Waals surface area contributed by atoms with Crippen molar-refractivity contribution in [2.75, 3.05) is 5.75 Å². The van der Waals surface area contributed by atoms with Gasteiger partial charge in [0.05, 0.1) is 11.9 Å². The number of halogens is 2. The van der Waals surface area contributed by atoms with E-state index in [0.29, 0.717) is 18.4 Å². The van der Waals surface area contributed by atoms with E-state index in [1.807, 2.05) is 0 Å². The van der Waals surface area contributed by atoms with Crippen LogP contribution in [0.5, 0.6) is 0 Å². The SMILES string of the molecule is C[C@@]1(c2cc(CC(=O)c3ccc(F)cn3)ccc2F)CS(=O)(=O)C2(CCC2)C(N)=N1. The van der Waals surface area contributed by atoms with Crippen molar-refractivity contribution in [3.8, 4) is 0 Å². The molecule has 9 heteroatoms. The first-order chi connectivity index (χ1) is 14.1. The lowest BCUT2D eigenvalue weighted by molar-refractivity contribution is 0.0988. The topological polar surface area (TPSA) is 102 Å². The maximum atomic E-state index is 14.7. The Hall–Kier alpha value is -2.68. The van der Waals surface area contributed by atoms with Gasteiger partial charge < -0.3 is 5.73 Å². The largest absolute Gasteiger partial charge is 0.386 e. The highest BCUT2D eigenvalue weighted by molar-refractivity contribution is 7.93. The van der Waals surface area contributed by atoms with Crippen LogP contribution in [0.1, 0.15) is 47.8 Å². The number of rotatable bonds is 4. The van der Waals surface area contributed by atoms with Crippen molar-refractivity contribution in [1.29, 1.82) is 0 Å². The van der Waals surface area contributed by atoms with Crippen LogP contribution in [-0.2, 0) is 21.8 Å². The summed E-state index contributed by atoms with van der Waals surface area (Å²) in [5.41, 5.74) is 5.32. The fraction of sp³-hybridized carbons (Fsp3) is 0.381. The molecule has 1 atom stereocenters. The molecular weight excluding hydrogens is 412 g/mol. The van der Waals surface area contributed by atoms with Gasteiger partial charge in [-0.25, -0.2) is 17.2 Å². The van der Waals surface area contributed by atoms with Crippen LogP contribution in [0, 0.1) is 11.6 Å². The number of nitrogens with two attached hydrogens (primary N) is 1. The maximum absolute atomic E-state index is 14.7. The summed E-state index contributed by atoms with van der Waals surface area (Å²) in [6, 6.07) is 6.49.